The zero-order valence-corrected chi connectivity index (χ0v) is 16.3. The maximum atomic E-state index is 12.8. The van der Waals surface area contributed by atoms with Gasteiger partial charge in [0.25, 0.3) is 5.78 Å². The number of ether oxygens (including phenoxy) is 1. The van der Waals surface area contributed by atoms with E-state index in [9.17, 15) is 14.9 Å². The smallest absolute Gasteiger partial charge is 0.397 e. The molecule has 0 radical (unpaired) electrons. The number of hydrogen-bond donors (Lipinski definition) is 0. The number of carbonyl (C=O) groups excluding carboxylic acids is 1. The van der Waals surface area contributed by atoms with E-state index in [-0.39, 0.29) is 11.3 Å². The Labute approximate surface area is 163 Å². The summed E-state index contributed by atoms with van der Waals surface area (Å²) in [7, 11) is 0. The molecule has 124 valence electrons. The van der Waals surface area contributed by atoms with Crippen molar-refractivity contribution in [2.24, 2.45) is 0 Å². The molecule has 1 heterocycles. The molecule has 24 heavy (non-hydrogen) atoms. The molecule has 2 aromatic carbocycles. The van der Waals surface area contributed by atoms with Crippen LogP contribution >= 0.6 is 55.1 Å². The highest BCUT2D eigenvalue weighted by atomic mass is 79.9. The highest BCUT2D eigenvalue weighted by molar-refractivity contribution is 9.11. The molecule has 0 aliphatic carbocycles. The number of carbonyl (C=O) groups is 1. The van der Waals surface area contributed by atoms with Crippen molar-refractivity contribution in [3.05, 3.63) is 71.6 Å². The Hall–Kier alpha value is -1.15. The SMILES string of the molecule is O=C1c2cc(Br)cc(Br)c2OC(c2ccc(Cl)cc2)C1(Cl)[N+](=O)[O-]. The number of benzene rings is 2. The lowest BCUT2D eigenvalue weighted by Gasteiger charge is -2.33. The molecule has 0 aromatic heterocycles. The maximum absolute atomic E-state index is 12.8. The molecule has 2 atom stereocenters. The molecule has 2 unspecified atom stereocenters. The number of nitrogens with zero attached hydrogens (tertiary/aromatic N) is 1. The fraction of sp³-hybridized carbons (Fsp3) is 0.133. The van der Waals surface area contributed by atoms with E-state index < -0.39 is 21.8 Å². The Morgan fingerprint density at radius 1 is 1.21 bits per heavy atom. The zero-order chi connectivity index (χ0) is 17.6. The summed E-state index contributed by atoms with van der Waals surface area (Å²) < 4.78 is 6.84. The molecule has 0 saturated heterocycles. The van der Waals surface area contributed by atoms with Gasteiger partial charge in [-0.25, -0.2) is 0 Å². The molecule has 0 bridgehead atoms. The molecule has 5 nitrogen and oxygen atoms in total. The summed E-state index contributed by atoms with van der Waals surface area (Å²) in [6.45, 7) is 0. The minimum absolute atomic E-state index is 0.0353. The molecule has 3 rings (SSSR count). The Balaban J connectivity index is 2.23. The number of ketones is 1. The number of rotatable bonds is 2. The number of halogens is 4. The van der Waals surface area contributed by atoms with E-state index in [0.717, 1.165) is 0 Å². The van der Waals surface area contributed by atoms with Crippen molar-refractivity contribution in [3.8, 4) is 5.75 Å². The second kappa shape index (κ2) is 6.29. The minimum atomic E-state index is -2.47. The standard InChI is InChI=1S/C15H7Br2Cl2NO4/c16-8-5-10-12(11(17)6-8)24-14(7-1-3-9(18)4-2-7)15(19,13(10)21)20(22)23/h1-6,14H. The van der Waals surface area contributed by atoms with Gasteiger partial charge in [-0.15, -0.1) is 0 Å². The van der Waals surface area contributed by atoms with Crippen LogP contribution in [-0.2, 0) is 0 Å². The lowest BCUT2D eigenvalue weighted by molar-refractivity contribution is -0.536. The van der Waals surface area contributed by atoms with Gasteiger partial charge in [-0.2, -0.15) is 0 Å². The predicted molar refractivity (Wildman–Crippen MR) is 96.6 cm³/mol. The monoisotopic (exact) mass is 493 g/mol. The lowest BCUT2D eigenvalue weighted by atomic mass is 9.91. The molecular formula is C15H7Br2Cl2NO4. The van der Waals surface area contributed by atoms with Crippen LogP contribution in [0.4, 0.5) is 0 Å². The summed E-state index contributed by atoms with van der Waals surface area (Å²) >= 11 is 18.6. The van der Waals surface area contributed by atoms with Crippen LogP contribution in [0.3, 0.4) is 0 Å². The first-order valence-corrected chi connectivity index (χ1v) is 8.88. The van der Waals surface area contributed by atoms with Crippen LogP contribution in [0, 0.1) is 10.1 Å². The van der Waals surface area contributed by atoms with E-state index in [4.69, 9.17) is 27.9 Å². The van der Waals surface area contributed by atoms with Gasteiger partial charge in [0, 0.05) is 15.1 Å². The van der Waals surface area contributed by atoms with Crippen molar-refractivity contribution >= 4 is 60.8 Å². The first-order valence-electron chi connectivity index (χ1n) is 6.54. The Bertz CT molecular complexity index is 859. The third-order valence-corrected chi connectivity index (χ3v) is 5.40. The van der Waals surface area contributed by atoms with E-state index in [0.29, 0.717) is 19.5 Å². The Morgan fingerprint density at radius 3 is 2.42 bits per heavy atom. The quantitative estimate of drug-likeness (QED) is 0.242. The van der Waals surface area contributed by atoms with Gasteiger partial charge >= 0.3 is 5.00 Å². The summed E-state index contributed by atoms with van der Waals surface area (Å²) in [5, 5.41) is 12.1. The second-order valence-electron chi connectivity index (χ2n) is 5.07. The van der Waals surface area contributed by atoms with Crippen LogP contribution < -0.4 is 4.74 Å². The fourth-order valence-corrected chi connectivity index (χ4v) is 4.17. The van der Waals surface area contributed by atoms with E-state index in [1.54, 1.807) is 30.3 Å². The minimum Gasteiger partial charge on any atom is -0.474 e. The molecule has 0 spiro atoms. The first kappa shape index (κ1) is 17.7. The molecule has 2 aromatic rings. The fourth-order valence-electron chi connectivity index (χ4n) is 2.46. The van der Waals surface area contributed by atoms with Gasteiger partial charge < -0.3 is 4.74 Å². The lowest BCUT2D eigenvalue weighted by Crippen LogP contribution is -2.51. The van der Waals surface area contributed by atoms with Crippen molar-refractivity contribution < 1.29 is 14.5 Å². The Kier molecular flexibility index (Phi) is 4.63. The van der Waals surface area contributed by atoms with Crippen LogP contribution in [0.2, 0.25) is 5.02 Å². The van der Waals surface area contributed by atoms with E-state index in [2.05, 4.69) is 31.9 Å². The summed E-state index contributed by atoms with van der Waals surface area (Å²) in [6, 6.07) is 9.30. The zero-order valence-electron chi connectivity index (χ0n) is 11.6. The van der Waals surface area contributed by atoms with Gasteiger partial charge in [0.05, 0.1) is 15.0 Å². The van der Waals surface area contributed by atoms with Crippen LogP contribution in [0.1, 0.15) is 22.0 Å². The normalized spacial score (nSPS) is 22.7. The van der Waals surface area contributed by atoms with E-state index in [1.807, 2.05) is 0 Å². The summed E-state index contributed by atoms with van der Waals surface area (Å²) in [5.41, 5.74) is 0.410. The van der Waals surface area contributed by atoms with E-state index in [1.165, 1.54) is 6.07 Å². The highest BCUT2D eigenvalue weighted by Crippen LogP contribution is 2.48. The first-order chi connectivity index (χ1) is 11.2. The average Bonchev–Trinajstić information content (AvgIpc) is 2.52. The highest BCUT2D eigenvalue weighted by Gasteiger charge is 2.62. The maximum Gasteiger partial charge on any atom is 0.397 e. The van der Waals surface area contributed by atoms with E-state index >= 15 is 0 Å². The molecule has 9 heteroatoms. The number of Topliss-reactive ketones (excluding diaryl/α,β-unsaturated/α-hetero) is 1. The third kappa shape index (κ3) is 2.73. The molecular weight excluding hydrogens is 489 g/mol. The van der Waals surface area contributed by atoms with Crippen molar-refractivity contribution in [2.75, 3.05) is 0 Å². The van der Waals surface area contributed by atoms with Gasteiger partial charge in [0.2, 0.25) is 6.10 Å². The van der Waals surface area contributed by atoms with Crippen LogP contribution in [0.25, 0.3) is 0 Å². The molecule has 1 aliphatic heterocycles. The number of fused-ring (bicyclic) bond motifs is 1. The number of alkyl halides is 1. The number of nitro groups is 1. The molecule has 0 fully saturated rings. The van der Waals surface area contributed by atoms with Crippen LogP contribution in [-0.4, -0.2) is 15.7 Å². The molecule has 0 saturated carbocycles. The summed E-state index contributed by atoms with van der Waals surface area (Å²) in [5.74, 6) is -0.626. The van der Waals surface area contributed by atoms with Crippen LogP contribution in [0.15, 0.2) is 45.3 Å². The van der Waals surface area contributed by atoms with Gasteiger partial charge in [0.15, 0.2) is 0 Å². The largest absolute Gasteiger partial charge is 0.474 e. The van der Waals surface area contributed by atoms with Gasteiger partial charge in [0.1, 0.15) is 5.75 Å². The second-order valence-corrected chi connectivity index (χ2v) is 7.86. The van der Waals surface area contributed by atoms with Crippen molar-refractivity contribution in [1.29, 1.82) is 0 Å². The molecule has 1 aliphatic rings. The summed E-state index contributed by atoms with van der Waals surface area (Å²) in [4.78, 5) is 21.2. The number of hydrogen-bond acceptors (Lipinski definition) is 4. The predicted octanol–water partition coefficient (Wildman–Crippen LogP) is 5.39. The van der Waals surface area contributed by atoms with Gasteiger partial charge in [-0.3, -0.25) is 14.9 Å². The van der Waals surface area contributed by atoms with Gasteiger partial charge in [-0.05, 0) is 51.8 Å². The van der Waals surface area contributed by atoms with Crippen LogP contribution in [0.5, 0.6) is 5.75 Å². The topological polar surface area (TPSA) is 69.4 Å². The third-order valence-electron chi connectivity index (χ3n) is 3.59. The average molecular weight is 496 g/mol. The summed E-state index contributed by atoms with van der Waals surface area (Å²) in [6.07, 6.45) is -1.30. The molecule has 0 amide bonds. The van der Waals surface area contributed by atoms with Crippen molar-refractivity contribution in [1.82, 2.24) is 0 Å². The van der Waals surface area contributed by atoms with Gasteiger partial charge in [-0.1, -0.05) is 39.7 Å². The van der Waals surface area contributed by atoms with Crippen molar-refractivity contribution in [3.63, 3.8) is 0 Å². The van der Waals surface area contributed by atoms with Crippen molar-refractivity contribution in [2.45, 2.75) is 11.1 Å². The molecule has 0 N–H and O–H groups in total. The Morgan fingerprint density at radius 2 is 1.83 bits per heavy atom.